The molecule has 0 spiro atoms. The minimum Gasteiger partial charge on any atom is -0.192 e. The summed E-state index contributed by atoms with van der Waals surface area (Å²) in [6, 6.07) is 25.3. The van der Waals surface area contributed by atoms with E-state index in [4.69, 9.17) is 0 Å². The lowest BCUT2D eigenvalue weighted by molar-refractivity contribution is -0.756. The summed E-state index contributed by atoms with van der Waals surface area (Å²) in [6.07, 6.45) is 4.38. The van der Waals surface area contributed by atoms with Crippen LogP contribution in [0, 0.1) is 6.92 Å². The Morgan fingerprint density at radius 2 is 1.45 bits per heavy atom. The topological polar surface area (TPSA) is 3.88 Å². The van der Waals surface area contributed by atoms with Crippen LogP contribution in [-0.2, 0) is 18.4 Å². The zero-order valence-electron chi connectivity index (χ0n) is 18.4. The van der Waals surface area contributed by atoms with Crippen LogP contribution in [0.15, 0.2) is 72.9 Å². The van der Waals surface area contributed by atoms with E-state index in [2.05, 4.69) is 98.3 Å². The van der Waals surface area contributed by atoms with Crippen LogP contribution < -0.4 is 4.57 Å². The number of nitrogens with zero attached hydrogens (tertiary/aromatic N) is 1. The van der Waals surface area contributed by atoms with Crippen LogP contribution in [0.3, 0.4) is 0 Å². The highest BCUT2D eigenvalue weighted by Crippen LogP contribution is 2.55. The fraction of sp³-hybridized carbons (Fsp3) is 0.233. The number of fused-ring (bicyclic) bond motifs is 8. The van der Waals surface area contributed by atoms with Crippen LogP contribution in [-0.4, -0.2) is 0 Å². The molecule has 0 saturated heterocycles. The lowest BCUT2D eigenvalue weighted by Gasteiger charge is -2.34. The van der Waals surface area contributed by atoms with Crippen LogP contribution in [0.4, 0.5) is 0 Å². The van der Waals surface area contributed by atoms with Crippen molar-refractivity contribution in [1.29, 1.82) is 0 Å². The Hall–Kier alpha value is -3.19. The van der Waals surface area contributed by atoms with E-state index in [0.717, 1.165) is 12.8 Å². The summed E-state index contributed by atoms with van der Waals surface area (Å²) in [7, 11) is 0. The van der Waals surface area contributed by atoms with Crippen molar-refractivity contribution in [3.63, 3.8) is 0 Å². The Morgan fingerprint density at radius 3 is 2.29 bits per heavy atom. The molecule has 0 bridgehead atoms. The van der Waals surface area contributed by atoms with E-state index >= 15 is 0 Å². The van der Waals surface area contributed by atoms with Crippen molar-refractivity contribution in [3.8, 4) is 11.1 Å². The zero-order chi connectivity index (χ0) is 20.9. The molecule has 2 heterocycles. The Morgan fingerprint density at radius 1 is 0.742 bits per heavy atom. The molecule has 7 rings (SSSR count). The van der Waals surface area contributed by atoms with E-state index < -0.39 is 0 Å². The molecule has 0 fully saturated rings. The van der Waals surface area contributed by atoms with Gasteiger partial charge in [-0.2, -0.15) is 4.57 Å². The summed E-state index contributed by atoms with van der Waals surface area (Å²) in [4.78, 5) is 0. The predicted octanol–water partition coefficient (Wildman–Crippen LogP) is 6.03. The fourth-order valence-corrected chi connectivity index (χ4v) is 6.78. The molecule has 1 nitrogen and oxygen atoms in total. The van der Waals surface area contributed by atoms with Crippen LogP contribution in [0.25, 0.3) is 11.1 Å². The summed E-state index contributed by atoms with van der Waals surface area (Å²) in [5.74, 6) is 0.328. The van der Waals surface area contributed by atoms with E-state index in [9.17, 15) is 0 Å². The molecule has 3 aromatic carbocycles. The molecule has 3 aliphatic rings. The second kappa shape index (κ2) is 5.73. The van der Waals surface area contributed by atoms with Gasteiger partial charge in [0.25, 0.3) is 0 Å². The number of pyridine rings is 1. The quantitative estimate of drug-likeness (QED) is 0.274. The summed E-state index contributed by atoms with van der Waals surface area (Å²) >= 11 is 0. The SMILES string of the molecule is Cc1ccc2c3c1C(C)(C)[n+]1ccccc1C3c1c-2ccc2c1Cc1ccccc1C2. The van der Waals surface area contributed by atoms with Gasteiger partial charge >= 0.3 is 0 Å². The highest BCUT2D eigenvalue weighted by molar-refractivity contribution is 5.85. The van der Waals surface area contributed by atoms with Crippen LogP contribution in [0.1, 0.15) is 70.0 Å². The smallest absolute Gasteiger partial charge is 0.192 e. The lowest BCUT2D eigenvalue weighted by atomic mass is 9.74. The third-order valence-corrected chi connectivity index (χ3v) is 8.04. The average molecular weight is 401 g/mol. The molecule has 1 aromatic heterocycles. The molecule has 1 unspecified atom stereocenters. The molecule has 0 saturated carbocycles. The molecule has 4 aromatic rings. The van der Waals surface area contributed by atoms with Gasteiger partial charge in [0.05, 0.1) is 5.92 Å². The zero-order valence-corrected chi connectivity index (χ0v) is 18.4. The molecule has 150 valence electrons. The minimum absolute atomic E-state index is 0.0583. The van der Waals surface area contributed by atoms with Crippen molar-refractivity contribution in [2.75, 3.05) is 0 Å². The van der Waals surface area contributed by atoms with Gasteiger partial charge in [0.15, 0.2) is 17.4 Å². The first kappa shape index (κ1) is 17.5. The lowest BCUT2D eigenvalue weighted by Crippen LogP contribution is -2.59. The van der Waals surface area contributed by atoms with Crippen molar-refractivity contribution < 1.29 is 4.57 Å². The van der Waals surface area contributed by atoms with E-state index in [1.165, 1.54) is 44.6 Å². The highest BCUT2D eigenvalue weighted by atomic mass is 15.1. The molecule has 2 aliphatic carbocycles. The van der Waals surface area contributed by atoms with Gasteiger partial charge < -0.3 is 0 Å². The van der Waals surface area contributed by atoms with Crippen molar-refractivity contribution in [2.45, 2.75) is 45.1 Å². The maximum absolute atomic E-state index is 2.53. The van der Waals surface area contributed by atoms with Gasteiger partial charge in [-0.1, -0.05) is 54.6 Å². The largest absolute Gasteiger partial charge is 0.194 e. The van der Waals surface area contributed by atoms with Gasteiger partial charge in [0.2, 0.25) is 0 Å². The summed E-state index contributed by atoms with van der Waals surface area (Å²) in [6.45, 7) is 7.05. The Kier molecular flexibility index (Phi) is 3.23. The number of rotatable bonds is 0. The van der Waals surface area contributed by atoms with Crippen LogP contribution in [0.2, 0.25) is 0 Å². The van der Waals surface area contributed by atoms with Crippen molar-refractivity contribution >= 4 is 0 Å². The molecule has 1 aliphatic heterocycles. The van der Waals surface area contributed by atoms with E-state index in [1.54, 1.807) is 16.7 Å². The maximum Gasteiger partial charge on any atom is 0.194 e. The fourth-order valence-electron chi connectivity index (χ4n) is 6.78. The second-order valence-corrected chi connectivity index (χ2v) is 9.99. The number of aromatic nitrogens is 1. The Balaban J connectivity index is 1.57. The predicted molar refractivity (Wildman–Crippen MR) is 125 cm³/mol. The van der Waals surface area contributed by atoms with Gasteiger partial charge in [-0.3, -0.25) is 0 Å². The van der Waals surface area contributed by atoms with Gasteiger partial charge in [-0.05, 0) is 69.8 Å². The normalized spacial score (nSPS) is 18.5. The van der Waals surface area contributed by atoms with E-state index in [-0.39, 0.29) is 5.54 Å². The molecule has 1 atom stereocenters. The summed E-state index contributed by atoms with van der Waals surface area (Å²) in [5.41, 5.74) is 16.4. The standard InChI is InChI=1S/C30H26N/c1-18-11-13-23-22-14-12-21-16-19-8-4-5-9-20(19)17-24(21)26(22)28-25-10-6-7-15-31(25)30(2,3)29(18)27(23)28/h4-15,28H,16-17H2,1-3H3/q+1. The molecule has 0 N–H and O–H groups in total. The van der Waals surface area contributed by atoms with Gasteiger partial charge in [-0.15, -0.1) is 0 Å². The molecule has 0 amide bonds. The maximum atomic E-state index is 2.53. The third kappa shape index (κ3) is 2.09. The first-order chi connectivity index (χ1) is 15.1. The van der Waals surface area contributed by atoms with Crippen molar-refractivity contribution in [1.82, 2.24) is 0 Å². The van der Waals surface area contributed by atoms with Gasteiger partial charge in [-0.25, -0.2) is 0 Å². The molecular formula is C30H26N+. The first-order valence-corrected chi connectivity index (χ1v) is 11.4. The Labute approximate surface area is 184 Å². The number of hydrogen-bond acceptors (Lipinski definition) is 0. The molecule has 1 heteroatoms. The molecule has 0 radical (unpaired) electrons. The molecular weight excluding hydrogens is 374 g/mol. The minimum atomic E-state index is -0.0583. The molecule has 31 heavy (non-hydrogen) atoms. The number of benzene rings is 3. The highest BCUT2D eigenvalue weighted by Gasteiger charge is 2.50. The average Bonchev–Trinajstić information content (AvgIpc) is 3.11. The monoisotopic (exact) mass is 400 g/mol. The Bertz CT molecular complexity index is 1420. The van der Waals surface area contributed by atoms with Gasteiger partial charge in [0.1, 0.15) is 0 Å². The summed E-state index contributed by atoms with van der Waals surface area (Å²) in [5, 5.41) is 0. The van der Waals surface area contributed by atoms with Gasteiger partial charge in [0, 0.05) is 31.5 Å². The van der Waals surface area contributed by atoms with Crippen LogP contribution in [0.5, 0.6) is 0 Å². The number of hydrogen-bond donors (Lipinski definition) is 0. The van der Waals surface area contributed by atoms with E-state index in [0.29, 0.717) is 5.92 Å². The first-order valence-electron chi connectivity index (χ1n) is 11.4. The van der Waals surface area contributed by atoms with E-state index in [1.807, 2.05) is 0 Å². The van der Waals surface area contributed by atoms with Crippen molar-refractivity contribution in [2.24, 2.45) is 0 Å². The number of aryl methyl sites for hydroxylation is 1. The third-order valence-electron chi connectivity index (χ3n) is 8.04. The van der Waals surface area contributed by atoms with Crippen molar-refractivity contribution in [3.05, 3.63) is 123 Å². The van der Waals surface area contributed by atoms with Crippen LogP contribution >= 0.6 is 0 Å². The summed E-state index contributed by atoms with van der Waals surface area (Å²) < 4.78 is 2.53. The second-order valence-electron chi connectivity index (χ2n) is 9.99.